The maximum atomic E-state index is 13.4. The second kappa shape index (κ2) is 8.76. The third-order valence-electron chi connectivity index (χ3n) is 3.39. The fraction of sp³-hybridized carbons (Fsp3) is 0.235. The first-order valence-electron chi connectivity index (χ1n) is 7.74. The molecule has 0 bridgehead atoms. The molecular weight excluding hydrogens is 385 g/mol. The van der Waals surface area contributed by atoms with Crippen molar-refractivity contribution in [2.45, 2.75) is 0 Å². The van der Waals surface area contributed by atoms with Crippen LogP contribution in [0.2, 0.25) is 0 Å². The van der Waals surface area contributed by atoms with Gasteiger partial charge in [-0.05, 0) is 36.4 Å². The number of halogens is 3. The molecule has 0 aliphatic carbocycles. The Balaban J connectivity index is 1.92. The summed E-state index contributed by atoms with van der Waals surface area (Å²) in [6.45, 7) is -0.479. The van der Waals surface area contributed by atoms with Crippen LogP contribution < -0.4 is 14.4 Å². The van der Waals surface area contributed by atoms with E-state index >= 15 is 0 Å². The molecular formula is C17H17F3N2O4S. The highest BCUT2D eigenvalue weighted by Crippen LogP contribution is 2.20. The van der Waals surface area contributed by atoms with Crippen LogP contribution in [0.25, 0.3) is 0 Å². The van der Waals surface area contributed by atoms with Crippen LogP contribution in [-0.4, -0.2) is 40.3 Å². The number of ether oxygens (including phenoxy) is 1. The smallest absolute Gasteiger partial charge is 0.240 e. The molecule has 10 heteroatoms. The van der Waals surface area contributed by atoms with Crippen molar-refractivity contribution >= 4 is 21.6 Å². The van der Waals surface area contributed by atoms with E-state index < -0.39 is 39.9 Å². The number of nitrogens with one attached hydrogen (secondary N) is 1. The summed E-state index contributed by atoms with van der Waals surface area (Å²) in [5, 5.41) is 2.45. The Kier molecular flexibility index (Phi) is 6.67. The van der Waals surface area contributed by atoms with Crippen LogP contribution in [-0.2, 0) is 14.8 Å². The number of nitrogens with zero attached hydrogens (tertiary/aromatic N) is 1. The maximum Gasteiger partial charge on any atom is 0.240 e. The molecule has 0 aliphatic heterocycles. The van der Waals surface area contributed by atoms with Gasteiger partial charge in [0, 0.05) is 6.07 Å². The zero-order chi connectivity index (χ0) is 20.0. The number of anilines is 1. The standard InChI is InChI=1S/C17H17F3N2O4S/c1-27(24,25)22(13-4-7-15(19)16(20)10-13)11-17(23)21-8-9-26-14-5-2-12(18)3-6-14/h2-7,10H,8-9,11H2,1H3,(H,21,23). The molecule has 2 aromatic carbocycles. The zero-order valence-corrected chi connectivity index (χ0v) is 15.1. The third kappa shape index (κ3) is 6.17. The highest BCUT2D eigenvalue weighted by Gasteiger charge is 2.21. The molecule has 2 rings (SSSR count). The lowest BCUT2D eigenvalue weighted by Crippen LogP contribution is -2.41. The highest BCUT2D eigenvalue weighted by molar-refractivity contribution is 7.92. The zero-order valence-electron chi connectivity index (χ0n) is 14.3. The van der Waals surface area contributed by atoms with Gasteiger partial charge in [-0.25, -0.2) is 21.6 Å². The molecule has 27 heavy (non-hydrogen) atoms. The average molecular weight is 402 g/mol. The van der Waals surface area contributed by atoms with Crippen LogP contribution in [0.1, 0.15) is 0 Å². The molecule has 0 fully saturated rings. The van der Waals surface area contributed by atoms with Crippen molar-refractivity contribution in [2.24, 2.45) is 0 Å². The molecule has 0 atom stereocenters. The number of rotatable bonds is 8. The molecule has 0 unspecified atom stereocenters. The predicted octanol–water partition coefficient (Wildman–Crippen LogP) is 2.07. The summed E-state index contributed by atoms with van der Waals surface area (Å²) in [6, 6.07) is 7.82. The van der Waals surface area contributed by atoms with Gasteiger partial charge in [0.15, 0.2) is 11.6 Å². The van der Waals surface area contributed by atoms with E-state index in [4.69, 9.17) is 4.74 Å². The Morgan fingerprint density at radius 1 is 1.07 bits per heavy atom. The Morgan fingerprint density at radius 2 is 1.74 bits per heavy atom. The second-order valence-electron chi connectivity index (χ2n) is 5.52. The topological polar surface area (TPSA) is 75.7 Å². The minimum atomic E-state index is -3.90. The van der Waals surface area contributed by atoms with Gasteiger partial charge in [0.05, 0.1) is 18.5 Å². The monoisotopic (exact) mass is 402 g/mol. The van der Waals surface area contributed by atoms with Gasteiger partial charge in [-0.15, -0.1) is 0 Å². The van der Waals surface area contributed by atoms with E-state index in [-0.39, 0.29) is 18.8 Å². The minimum Gasteiger partial charge on any atom is -0.492 e. The molecule has 6 nitrogen and oxygen atoms in total. The van der Waals surface area contributed by atoms with Crippen molar-refractivity contribution in [2.75, 3.05) is 30.3 Å². The van der Waals surface area contributed by atoms with E-state index in [2.05, 4.69) is 5.32 Å². The van der Waals surface area contributed by atoms with Crippen LogP contribution in [0.4, 0.5) is 18.9 Å². The Bertz CT molecular complexity index is 905. The number of carbonyl (C=O) groups excluding carboxylic acids is 1. The quantitative estimate of drug-likeness (QED) is 0.686. The Morgan fingerprint density at radius 3 is 2.33 bits per heavy atom. The fourth-order valence-electron chi connectivity index (χ4n) is 2.12. The Hall–Kier alpha value is -2.75. The molecule has 0 aromatic heterocycles. The third-order valence-corrected chi connectivity index (χ3v) is 4.53. The largest absolute Gasteiger partial charge is 0.492 e. The van der Waals surface area contributed by atoms with Crippen molar-refractivity contribution < 1.29 is 31.1 Å². The fourth-order valence-corrected chi connectivity index (χ4v) is 2.96. The molecule has 0 saturated carbocycles. The van der Waals surface area contributed by atoms with Crippen LogP contribution in [0.5, 0.6) is 5.75 Å². The number of hydrogen-bond acceptors (Lipinski definition) is 4. The summed E-state index contributed by atoms with van der Waals surface area (Å²) < 4.78 is 68.9. The van der Waals surface area contributed by atoms with Gasteiger partial charge >= 0.3 is 0 Å². The van der Waals surface area contributed by atoms with Gasteiger partial charge in [-0.3, -0.25) is 9.10 Å². The number of carbonyl (C=O) groups is 1. The lowest BCUT2D eigenvalue weighted by molar-refractivity contribution is -0.119. The molecule has 1 N–H and O–H groups in total. The van der Waals surface area contributed by atoms with E-state index in [0.29, 0.717) is 16.1 Å². The first kappa shape index (κ1) is 20.6. The molecule has 0 heterocycles. The number of amides is 1. The summed E-state index contributed by atoms with van der Waals surface area (Å²) in [5.41, 5.74) is -0.172. The van der Waals surface area contributed by atoms with Gasteiger partial charge in [0.1, 0.15) is 24.7 Å². The SMILES string of the molecule is CS(=O)(=O)N(CC(=O)NCCOc1ccc(F)cc1)c1ccc(F)c(F)c1. The van der Waals surface area contributed by atoms with Crippen molar-refractivity contribution in [3.05, 3.63) is 59.9 Å². The molecule has 0 aliphatic rings. The summed E-state index contributed by atoms with van der Waals surface area (Å²) in [6.07, 6.45) is 0.846. The van der Waals surface area contributed by atoms with Gasteiger partial charge in [-0.2, -0.15) is 0 Å². The van der Waals surface area contributed by atoms with E-state index in [1.54, 1.807) is 0 Å². The van der Waals surface area contributed by atoms with Gasteiger partial charge < -0.3 is 10.1 Å². The average Bonchev–Trinajstić information content (AvgIpc) is 2.60. The van der Waals surface area contributed by atoms with Crippen LogP contribution >= 0.6 is 0 Å². The lowest BCUT2D eigenvalue weighted by Gasteiger charge is -2.22. The molecule has 0 radical (unpaired) electrons. The van der Waals surface area contributed by atoms with Gasteiger partial charge in [0.25, 0.3) is 0 Å². The van der Waals surface area contributed by atoms with E-state index in [1.807, 2.05) is 0 Å². The van der Waals surface area contributed by atoms with Gasteiger partial charge in [-0.1, -0.05) is 0 Å². The van der Waals surface area contributed by atoms with Gasteiger partial charge in [0.2, 0.25) is 15.9 Å². The molecule has 146 valence electrons. The van der Waals surface area contributed by atoms with Crippen molar-refractivity contribution in [1.29, 1.82) is 0 Å². The first-order valence-corrected chi connectivity index (χ1v) is 9.59. The first-order chi connectivity index (χ1) is 12.7. The summed E-state index contributed by atoms with van der Waals surface area (Å²) in [4.78, 5) is 12.0. The normalized spacial score (nSPS) is 11.1. The highest BCUT2D eigenvalue weighted by atomic mass is 32.2. The summed E-state index contributed by atoms with van der Waals surface area (Å²) in [7, 11) is -3.90. The van der Waals surface area contributed by atoms with Crippen LogP contribution in [0, 0.1) is 17.5 Å². The van der Waals surface area contributed by atoms with Crippen LogP contribution in [0.15, 0.2) is 42.5 Å². The Labute approximate surface area is 154 Å². The lowest BCUT2D eigenvalue weighted by atomic mass is 10.3. The predicted molar refractivity (Wildman–Crippen MR) is 93.5 cm³/mol. The van der Waals surface area contributed by atoms with E-state index in [0.717, 1.165) is 18.4 Å². The number of sulfonamides is 1. The number of hydrogen-bond donors (Lipinski definition) is 1. The van der Waals surface area contributed by atoms with Crippen molar-refractivity contribution in [1.82, 2.24) is 5.32 Å². The molecule has 1 amide bonds. The van der Waals surface area contributed by atoms with Crippen molar-refractivity contribution in [3.8, 4) is 5.75 Å². The van der Waals surface area contributed by atoms with E-state index in [9.17, 15) is 26.4 Å². The van der Waals surface area contributed by atoms with Crippen molar-refractivity contribution in [3.63, 3.8) is 0 Å². The summed E-state index contributed by atoms with van der Waals surface area (Å²) in [5.74, 6) is -3.02. The van der Waals surface area contributed by atoms with E-state index in [1.165, 1.54) is 24.3 Å². The second-order valence-corrected chi connectivity index (χ2v) is 7.43. The number of benzene rings is 2. The summed E-state index contributed by atoms with van der Waals surface area (Å²) >= 11 is 0. The van der Waals surface area contributed by atoms with Crippen LogP contribution in [0.3, 0.4) is 0 Å². The molecule has 0 spiro atoms. The molecule has 2 aromatic rings. The minimum absolute atomic E-state index is 0.0611. The molecule has 0 saturated heterocycles. The maximum absolute atomic E-state index is 13.4.